The second kappa shape index (κ2) is 7.38. The van der Waals surface area contributed by atoms with Crippen LogP contribution in [0.4, 0.5) is 0 Å². The number of aromatic nitrogens is 1. The summed E-state index contributed by atoms with van der Waals surface area (Å²) in [6, 6.07) is 10.2. The summed E-state index contributed by atoms with van der Waals surface area (Å²) in [6.45, 7) is 3.50. The van der Waals surface area contributed by atoms with Gasteiger partial charge in [-0.1, -0.05) is 37.3 Å². The van der Waals surface area contributed by atoms with Crippen LogP contribution in [0.25, 0.3) is 0 Å². The molecule has 0 radical (unpaired) electrons. The smallest absolute Gasteiger partial charge is 0.119 e. The molecule has 3 nitrogen and oxygen atoms in total. The largest absolute Gasteiger partial charge is 0.374 e. The van der Waals surface area contributed by atoms with Gasteiger partial charge in [0.15, 0.2) is 0 Å². The molecule has 1 aromatic carbocycles. The number of ether oxygens (including phenoxy) is 1. The minimum atomic E-state index is 0.00714. The van der Waals surface area contributed by atoms with E-state index in [2.05, 4.69) is 29.4 Å². The molecule has 102 valence electrons. The van der Waals surface area contributed by atoms with E-state index >= 15 is 0 Å². The second-order valence-electron chi connectivity index (χ2n) is 4.51. The number of nitrogens with two attached hydrogens (primary N) is 1. The Bertz CT molecular complexity index is 484. The normalized spacial score (nSPS) is 12.5. The third-order valence-corrected chi connectivity index (χ3v) is 3.70. The number of hydrogen-bond donors (Lipinski definition) is 1. The van der Waals surface area contributed by atoms with Crippen LogP contribution in [-0.2, 0) is 17.8 Å². The SMILES string of the molecule is CCCOCc1nc(CC(N)c2ccccc2)cs1. The highest BCUT2D eigenvalue weighted by Crippen LogP contribution is 2.18. The molecule has 1 unspecified atom stereocenters. The summed E-state index contributed by atoms with van der Waals surface area (Å²) >= 11 is 1.65. The van der Waals surface area contributed by atoms with E-state index in [1.807, 2.05) is 18.2 Å². The Kier molecular flexibility index (Phi) is 5.51. The van der Waals surface area contributed by atoms with Crippen molar-refractivity contribution in [2.75, 3.05) is 6.61 Å². The van der Waals surface area contributed by atoms with Gasteiger partial charge in [0.1, 0.15) is 5.01 Å². The van der Waals surface area contributed by atoms with Crippen LogP contribution in [0.15, 0.2) is 35.7 Å². The van der Waals surface area contributed by atoms with E-state index in [1.165, 1.54) is 0 Å². The van der Waals surface area contributed by atoms with Crippen molar-refractivity contribution < 1.29 is 4.74 Å². The van der Waals surface area contributed by atoms with Gasteiger partial charge in [0.2, 0.25) is 0 Å². The van der Waals surface area contributed by atoms with Crippen LogP contribution >= 0.6 is 11.3 Å². The molecular weight excluding hydrogens is 256 g/mol. The zero-order valence-electron chi connectivity index (χ0n) is 11.2. The molecule has 2 N–H and O–H groups in total. The van der Waals surface area contributed by atoms with Crippen LogP contribution < -0.4 is 5.73 Å². The summed E-state index contributed by atoms with van der Waals surface area (Å²) in [6.07, 6.45) is 1.81. The van der Waals surface area contributed by atoms with Gasteiger partial charge < -0.3 is 10.5 Å². The fraction of sp³-hybridized carbons (Fsp3) is 0.400. The Balaban J connectivity index is 1.89. The first-order chi connectivity index (χ1) is 9.29. The van der Waals surface area contributed by atoms with E-state index < -0.39 is 0 Å². The first kappa shape index (κ1) is 14.2. The molecule has 19 heavy (non-hydrogen) atoms. The lowest BCUT2D eigenvalue weighted by Gasteiger charge is -2.09. The van der Waals surface area contributed by atoms with Gasteiger partial charge in [0.25, 0.3) is 0 Å². The Morgan fingerprint density at radius 2 is 2.11 bits per heavy atom. The molecular formula is C15H20N2OS. The highest BCUT2D eigenvalue weighted by atomic mass is 32.1. The number of hydrogen-bond acceptors (Lipinski definition) is 4. The molecule has 0 saturated carbocycles. The second-order valence-corrected chi connectivity index (χ2v) is 5.45. The van der Waals surface area contributed by atoms with Gasteiger partial charge in [0.05, 0.1) is 12.3 Å². The maximum atomic E-state index is 6.19. The summed E-state index contributed by atoms with van der Waals surface area (Å²) in [5.41, 5.74) is 8.40. The predicted molar refractivity (Wildman–Crippen MR) is 79.1 cm³/mol. The monoisotopic (exact) mass is 276 g/mol. The van der Waals surface area contributed by atoms with Gasteiger partial charge in [-0.3, -0.25) is 0 Å². The van der Waals surface area contributed by atoms with Crippen molar-refractivity contribution in [3.63, 3.8) is 0 Å². The van der Waals surface area contributed by atoms with Gasteiger partial charge in [-0.05, 0) is 12.0 Å². The highest BCUT2D eigenvalue weighted by molar-refractivity contribution is 7.09. The molecule has 1 heterocycles. The molecule has 4 heteroatoms. The number of thiazole rings is 1. The molecule has 0 aliphatic carbocycles. The molecule has 2 aromatic rings. The number of rotatable bonds is 7. The van der Waals surface area contributed by atoms with E-state index in [0.29, 0.717) is 6.61 Å². The first-order valence-corrected chi connectivity index (χ1v) is 7.49. The maximum Gasteiger partial charge on any atom is 0.119 e. The van der Waals surface area contributed by atoms with Crippen LogP contribution in [-0.4, -0.2) is 11.6 Å². The van der Waals surface area contributed by atoms with Gasteiger partial charge in [-0.15, -0.1) is 11.3 Å². The Labute approximate surface area is 118 Å². The lowest BCUT2D eigenvalue weighted by molar-refractivity contribution is 0.121. The van der Waals surface area contributed by atoms with E-state index in [1.54, 1.807) is 11.3 Å². The van der Waals surface area contributed by atoms with Gasteiger partial charge in [0, 0.05) is 24.4 Å². The van der Waals surface area contributed by atoms with Crippen molar-refractivity contribution >= 4 is 11.3 Å². The van der Waals surface area contributed by atoms with Gasteiger partial charge in [-0.2, -0.15) is 0 Å². The average molecular weight is 276 g/mol. The van der Waals surface area contributed by atoms with Crippen LogP contribution in [0, 0.1) is 0 Å². The summed E-state index contributed by atoms with van der Waals surface area (Å²) < 4.78 is 5.49. The van der Waals surface area contributed by atoms with E-state index in [0.717, 1.165) is 35.7 Å². The molecule has 0 aliphatic heterocycles. The van der Waals surface area contributed by atoms with Crippen molar-refractivity contribution in [1.82, 2.24) is 4.98 Å². The van der Waals surface area contributed by atoms with Crippen molar-refractivity contribution in [1.29, 1.82) is 0 Å². The van der Waals surface area contributed by atoms with Crippen molar-refractivity contribution in [3.05, 3.63) is 52.0 Å². The first-order valence-electron chi connectivity index (χ1n) is 6.61. The summed E-state index contributed by atoms with van der Waals surface area (Å²) in [5.74, 6) is 0. The zero-order valence-corrected chi connectivity index (χ0v) is 12.0. The van der Waals surface area contributed by atoms with Crippen LogP contribution in [0.1, 0.15) is 35.7 Å². The van der Waals surface area contributed by atoms with Crippen LogP contribution in [0.5, 0.6) is 0 Å². The van der Waals surface area contributed by atoms with E-state index in [-0.39, 0.29) is 6.04 Å². The molecule has 0 saturated heterocycles. The third-order valence-electron chi connectivity index (χ3n) is 2.83. The fourth-order valence-corrected chi connectivity index (χ4v) is 2.60. The van der Waals surface area contributed by atoms with Crippen molar-refractivity contribution in [2.24, 2.45) is 5.73 Å². The van der Waals surface area contributed by atoms with Crippen LogP contribution in [0.2, 0.25) is 0 Å². The van der Waals surface area contributed by atoms with Gasteiger partial charge in [-0.25, -0.2) is 4.98 Å². The lowest BCUT2D eigenvalue weighted by atomic mass is 10.0. The molecule has 0 amide bonds. The molecule has 1 atom stereocenters. The minimum absolute atomic E-state index is 0.00714. The maximum absolute atomic E-state index is 6.19. The molecule has 1 aromatic heterocycles. The molecule has 0 fully saturated rings. The summed E-state index contributed by atoms with van der Waals surface area (Å²) in [7, 11) is 0. The van der Waals surface area contributed by atoms with Crippen molar-refractivity contribution in [2.45, 2.75) is 32.4 Å². The predicted octanol–water partition coefficient (Wildman–Crippen LogP) is 3.31. The minimum Gasteiger partial charge on any atom is -0.374 e. The van der Waals surface area contributed by atoms with Gasteiger partial charge >= 0.3 is 0 Å². The van der Waals surface area contributed by atoms with E-state index in [9.17, 15) is 0 Å². The number of nitrogens with zero attached hydrogens (tertiary/aromatic N) is 1. The van der Waals surface area contributed by atoms with Crippen LogP contribution in [0.3, 0.4) is 0 Å². The molecule has 0 bridgehead atoms. The quantitative estimate of drug-likeness (QED) is 0.789. The standard InChI is InChI=1S/C15H20N2OS/c1-2-8-18-10-15-17-13(11-19-15)9-14(16)12-6-4-3-5-7-12/h3-7,11,14H,2,8-10,16H2,1H3. The van der Waals surface area contributed by atoms with E-state index in [4.69, 9.17) is 10.5 Å². The Hall–Kier alpha value is -1.23. The summed E-state index contributed by atoms with van der Waals surface area (Å²) in [5, 5.41) is 3.11. The lowest BCUT2D eigenvalue weighted by Crippen LogP contribution is -2.13. The molecule has 0 spiro atoms. The zero-order chi connectivity index (χ0) is 13.5. The fourth-order valence-electron chi connectivity index (χ4n) is 1.86. The Morgan fingerprint density at radius 3 is 2.84 bits per heavy atom. The Morgan fingerprint density at radius 1 is 1.32 bits per heavy atom. The van der Waals surface area contributed by atoms with Crippen molar-refractivity contribution in [3.8, 4) is 0 Å². The average Bonchev–Trinajstić information content (AvgIpc) is 2.88. The molecule has 2 rings (SSSR count). The highest BCUT2D eigenvalue weighted by Gasteiger charge is 2.09. The number of benzene rings is 1. The molecule has 0 aliphatic rings. The topological polar surface area (TPSA) is 48.1 Å². The third kappa shape index (κ3) is 4.42. The summed E-state index contributed by atoms with van der Waals surface area (Å²) in [4.78, 5) is 4.56.